The number of benzene rings is 1. The van der Waals surface area contributed by atoms with Crippen LogP contribution in [-0.2, 0) is 13.1 Å². The Morgan fingerprint density at radius 3 is 2.79 bits per heavy atom. The van der Waals surface area contributed by atoms with Crippen LogP contribution in [0, 0.1) is 0 Å². The normalized spacial score (nSPS) is 10.9. The van der Waals surface area contributed by atoms with Gasteiger partial charge in [-0.15, -0.1) is 11.3 Å². The summed E-state index contributed by atoms with van der Waals surface area (Å²) in [5.74, 6) is 0.671. The Bertz CT molecular complexity index is 1160. The number of aromatic amines is 1. The zero-order chi connectivity index (χ0) is 19.5. The van der Waals surface area contributed by atoms with Gasteiger partial charge in [0.25, 0.3) is 5.56 Å². The predicted molar refractivity (Wildman–Crippen MR) is 115 cm³/mol. The lowest BCUT2D eigenvalue weighted by Gasteiger charge is -2.08. The first kappa shape index (κ1) is 18.8. The van der Waals surface area contributed by atoms with E-state index in [4.69, 9.17) is 23.2 Å². The molecule has 8 heteroatoms. The molecule has 0 aliphatic rings. The van der Waals surface area contributed by atoms with Gasteiger partial charge in [0.1, 0.15) is 5.82 Å². The van der Waals surface area contributed by atoms with Gasteiger partial charge in [-0.25, -0.2) is 0 Å². The Hall–Kier alpha value is -2.54. The molecule has 1 aromatic carbocycles. The number of thiophene rings is 1. The molecular weight excluding hydrogens is 415 g/mol. The van der Waals surface area contributed by atoms with Crippen molar-refractivity contribution in [3.8, 4) is 11.3 Å². The third kappa shape index (κ3) is 4.30. The van der Waals surface area contributed by atoms with Crippen LogP contribution in [0.15, 0.2) is 65.6 Å². The van der Waals surface area contributed by atoms with Crippen LogP contribution in [-0.4, -0.2) is 14.8 Å². The molecule has 2 N–H and O–H groups in total. The van der Waals surface area contributed by atoms with Crippen molar-refractivity contribution < 1.29 is 0 Å². The molecule has 0 bridgehead atoms. The van der Waals surface area contributed by atoms with E-state index < -0.39 is 0 Å². The quantitative estimate of drug-likeness (QED) is 0.437. The molecule has 4 aromatic rings. The first-order valence-corrected chi connectivity index (χ1v) is 10.1. The lowest BCUT2D eigenvalue weighted by molar-refractivity contribution is 0.761. The van der Waals surface area contributed by atoms with Gasteiger partial charge in [-0.2, -0.15) is 5.10 Å². The van der Waals surface area contributed by atoms with E-state index in [2.05, 4.69) is 15.5 Å². The van der Waals surface area contributed by atoms with E-state index in [0.29, 0.717) is 35.2 Å². The highest BCUT2D eigenvalue weighted by molar-refractivity contribution is 7.16. The molecule has 142 valence electrons. The molecule has 0 unspecified atom stereocenters. The van der Waals surface area contributed by atoms with Crippen LogP contribution in [0.1, 0.15) is 10.4 Å². The van der Waals surface area contributed by atoms with Crippen LogP contribution in [0.25, 0.3) is 11.3 Å². The molecule has 0 saturated carbocycles. The third-order valence-electron chi connectivity index (χ3n) is 4.20. The molecule has 0 aliphatic carbocycles. The average molecular weight is 431 g/mol. The fourth-order valence-electron chi connectivity index (χ4n) is 2.87. The maximum Gasteiger partial charge on any atom is 0.260 e. The summed E-state index contributed by atoms with van der Waals surface area (Å²) >= 11 is 13.5. The van der Waals surface area contributed by atoms with Gasteiger partial charge in [0, 0.05) is 22.2 Å². The molecule has 0 spiro atoms. The number of hydrogen-bond acceptors (Lipinski definition) is 4. The topological polar surface area (TPSA) is 62.7 Å². The van der Waals surface area contributed by atoms with Crippen molar-refractivity contribution in [1.29, 1.82) is 0 Å². The molecule has 28 heavy (non-hydrogen) atoms. The van der Waals surface area contributed by atoms with E-state index >= 15 is 0 Å². The standard InChI is InChI=1S/C20H16Cl2N4OS/c21-14-4-1-3-13(9-14)12-26-8-2-5-16(20(26)27)17-10-19(25-24-17)23-11-15-6-7-18(22)28-15/h1-10H,11-12H2,(H2,23,24,25). The predicted octanol–water partition coefficient (Wildman–Crippen LogP) is 5.27. The second-order valence-corrected chi connectivity index (χ2v) is 8.45. The first-order valence-electron chi connectivity index (χ1n) is 8.56. The molecule has 4 rings (SSSR count). The average Bonchev–Trinajstić information content (AvgIpc) is 3.31. The second-order valence-electron chi connectivity index (χ2n) is 6.21. The zero-order valence-electron chi connectivity index (χ0n) is 14.7. The maximum atomic E-state index is 12.9. The Morgan fingerprint density at radius 1 is 1.11 bits per heavy atom. The molecule has 0 aliphatic heterocycles. The van der Waals surface area contributed by atoms with Crippen LogP contribution < -0.4 is 10.9 Å². The van der Waals surface area contributed by atoms with Crippen LogP contribution in [0.2, 0.25) is 9.36 Å². The van der Waals surface area contributed by atoms with Gasteiger partial charge in [-0.1, -0.05) is 35.3 Å². The zero-order valence-corrected chi connectivity index (χ0v) is 17.0. The van der Waals surface area contributed by atoms with E-state index in [0.717, 1.165) is 14.8 Å². The Labute approximate surface area is 175 Å². The summed E-state index contributed by atoms with van der Waals surface area (Å²) in [6.45, 7) is 1.07. The summed E-state index contributed by atoms with van der Waals surface area (Å²) in [5, 5.41) is 11.1. The second kappa shape index (κ2) is 8.22. The van der Waals surface area contributed by atoms with Gasteiger partial charge >= 0.3 is 0 Å². The summed E-state index contributed by atoms with van der Waals surface area (Å²) in [6.07, 6.45) is 1.77. The summed E-state index contributed by atoms with van der Waals surface area (Å²) in [6, 6.07) is 16.8. The number of pyridine rings is 1. The molecular formula is C20H16Cl2N4OS. The number of H-pyrrole nitrogens is 1. The van der Waals surface area contributed by atoms with Crippen LogP contribution in [0.3, 0.4) is 0 Å². The summed E-state index contributed by atoms with van der Waals surface area (Å²) in [7, 11) is 0. The lowest BCUT2D eigenvalue weighted by atomic mass is 10.2. The number of aromatic nitrogens is 3. The van der Waals surface area contributed by atoms with Crippen LogP contribution in [0.5, 0.6) is 0 Å². The summed E-state index contributed by atoms with van der Waals surface area (Å²) in [4.78, 5) is 14.0. The fourth-order valence-corrected chi connectivity index (χ4v) is 4.11. The van der Waals surface area contributed by atoms with Gasteiger partial charge in [0.05, 0.1) is 28.7 Å². The molecule has 0 amide bonds. The highest BCUT2D eigenvalue weighted by Gasteiger charge is 2.10. The number of nitrogens with one attached hydrogen (secondary N) is 2. The molecule has 0 fully saturated rings. The van der Waals surface area contributed by atoms with Crippen molar-refractivity contribution in [3.63, 3.8) is 0 Å². The van der Waals surface area contributed by atoms with Crippen molar-refractivity contribution >= 4 is 40.4 Å². The van der Waals surface area contributed by atoms with Gasteiger partial charge < -0.3 is 9.88 Å². The molecule has 0 radical (unpaired) electrons. The maximum absolute atomic E-state index is 12.9. The van der Waals surface area contributed by atoms with E-state index in [1.165, 1.54) is 11.3 Å². The summed E-state index contributed by atoms with van der Waals surface area (Å²) < 4.78 is 2.41. The monoisotopic (exact) mass is 430 g/mol. The van der Waals surface area contributed by atoms with Crippen LogP contribution >= 0.6 is 34.5 Å². The number of hydrogen-bond donors (Lipinski definition) is 2. The van der Waals surface area contributed by atoms with Gasteiger partial charge in [-0.05, 0) is 42.0 Å². The van der Waals surface area contributed by atoms with Crippen molar-refractivity contribution in [2.24, 2.45) is 0 Å². The third-order valence-corrected chi connectivity index (χ3v) is 5.67. The highest BCUT2D eigenvalue weighted by Crippen LogP contribution is 2.23. The molecule has 0 atom stereocenters. The van der Waals surface area contributed by atoms with E-state index in [1.807, 2.05) is 48.5 Å². The molecule has 3 heterocycles. The number of rotatable bonds is 6. The first-order chi connectivity index (χ1) is 13.6. The SMILES string of the molecule is O=c1c(-c2cc(NCc3ccc(Cl)s3)n[nH]2)cccn1Cc1cccc(Cl)c1. The molecule has 3 aromatic heterocycles. The minimum Gasteiger partial charge on any atom is -0.364 e. The highest BCUT2D eigenvalue weighted by atomic mass is 35.5. The number of nitrogens with zero attached hydrogens (tertiary/aromatic N) is 2. The Morgan fingerprint density at radius 2 is 2.00 bits per heavy atom. The van der Waals surface area contributed by atoms with E-state index in [9.17, 15) is 4.79 Å². The van der Waals surface area contributed by atoms with Crippen molar-refractivity contribution in [3.05, 3.63) is 90.9 Å². The van der Waals surface area contributed by atoms with E-state index in [1.54, 1.807) is 16.8 Å². The summed E-state index contributed by atoms with van der Waals surface area (Å²) in [5.41, 5.74) is 2.09. The largest absolute Gasteiger partial charge is 0.364 e. The minimum atomic E-state index is -0.0947. The van der Waals surface area contributed by atoms with Crippen LogP contribution in [0.4, 0.5) is 5.82 Å². The van der Waals surface area contributed by atoms with Gasteiger partial charge in [0.2, 0.25) is 0 Å². The van der Waals surface area contributed by atoms with Crippen molar-refractivity contribution in [1.82, 2.24) is 14.8 Å². The Kier molecular flexibility index (Phi) is 5.52. The van der Waals surface area contributed by atoms with Crippen molar-refractivity contribution in [2.75, 3.05) is 5.32 Å². The van der Waals surface area contributed by atoms with Gasteiger partial charge in [-0.3, -0.25) is 9.89 Å². The molecule has 5 nitrogen and oxygen atoms in total. The fraction of sp³-hybridized carbons (Fsp3) is 0.100. The number of anilines is 1. The number of halogens is 2. The van der Waals surface area contributed by atoms with Crippen molar-refractivity contribution in [2.45, 2.75) is 13.1 Å². The smallest absolute Gasteiger partial charge is 0.260 e. The van der Waals surface area contributed by atoms with Gasteiger partial charge in [0.15, 0.2) is 0 Å². The Balaban J connectivity index is 1.53. The lowest BCUT2D eigenvalue weighted by Crippen LogP contribution is -2.21. The van der Waals surface area contributed by atoms with E-state index in [-0.39, 0.29) is 5.56 Å². The molecule has 0 saturated heterocycles. The minimum absolute atomic E-state index is 0.0947.